The molecular weight excluding hydrogens is 330 g/mol. The molecule has 1 amide bonds. The number of likely N-dealkylation sites (N-methyl/N-ethyl adjacent to an activating group) is 1. The molecule has 1 aliphatic rings. The van der Waals surface area contributed by atoms with Crippen LogP contribution in [-0.4, -0.2) is 58.6 Å². The molecule has 0 bridgehead atoms. The molecule has 1 aromatic heterocycles. The highest BCUT2D eigenvalue weighted by molar-refractivity contribution is 6.30. The number of halogens is 1. The molecule has 2 heterocycles. The minimum absolute atomic E-state index is 0.143. The first-order valence-electron chi connectivity index (χ1n) is 7.76. The predicted molar refractivity (Wildman–Crippen MR) is 89.9 cm³/mol. The van der Waals surface area contributed by atoms with E-state index in [2.05, 4.69) is 20.5 Å². The summed E-state index contributed by atoms with van der Waals surface area (Å²) < 4.78 is 7.36. The highest BCUT2D eigenvalue weighted by atomic mass is 35.5. The number of hydrogen-bond donors (Lipinski definition) is 1. The summed E-state index contributed by atoms with van der Waals surface area (Å²) in [5.41, 5.74) is 1.35. The maximum Gasteiger partial charge on any atom is 0.271 e. The van der Waals surface area contributed by atoms with Crippen LogP contribution in [0.3, 0.4) is 0 Å². The van der Waals surface area contributed by atoms with E-state index < -0.39 is 0 Å². The molecule has 0 radical (unpaired) electrons. The summed E-state index contributed by atoms with van der Waals surface area (Å²) in [5.74, 6) is -0.237. The van der Waals surface area contributed by atoms with Gasteiger partial charge in [-0.1, -0.05) is 28.9 Å². The van der Waals surface area contributed by atoms with Crippen molar-refractivity contribution >= 4 is 17.5 Å². The average Bonchev–Trinajstić information content (AvgIpc) is 2.99. The van der Waals surface area contributed by atoms with Crippen LogP contribution in [0.5, 0.6) is 0 Å². The zero-order chi connectivity index (χ0) is 17.1. The number of morpholine rings is 1. The smallest absolute Gasteiger partial charge is 0.271 e. The van der Waals surface area contributed by atoms with Crippen molar-refractivity contribution in [3.63, 3.8) is 0 Å². The second-order valence-corrected chi connectivity index (χ2v) is 6.35. The summed E-state index contributed by atoms with van der Waals surface area (Å²) in [6, 6.07) is 7.16. The van der Waals surface area contributed by atoms with Gasteiger partial charge in [-0.3, -0.25) is 4.79 Å². The molecule has 128 valence electrons. The molecule has 0 saturated carbocycles. The van der Waals surface area contributed by atoms with Crippen LogP contribution in [0.15, 0.2) is 30.5 Å². The number of amides is 1. The first-order valence-corrected chi connectivity index (χ1v) is 8.13. The van der Waals surface area contributed by atoms with Crippen LogP contribution in [-0.2, 0) is 11.8 Å². The lowest BCUT2D eigenvalue weighted by Crippen LogP contribution is -2.48. The highest BCUT2D eigenvalue weighted by Crippen LogP contribution is 2.24. The molecular formula is C16H20ClN5O2. The largest absolute Gasteiger partial charge is 0.373 e. The Bertz CT molecular complexity index is 703. The lowest BCUT2D eigenvalue weighted by Gasteiger charge is -2.35. The Labute approximate surface area is 145 Å². The molecule has 8 heteroatoms. The van der Waals surface area contributed by atoms with Gasteiger partial charge in [0.2, 0.25) is 0 Å². The fourth-order valence-electron chi connectivity index (χ4n) is 2.78. The Hall–Kier alpha value is -1.96. The van der Waals surface area contributed by atoms with Crippen molar-refractivity contribution in [1.29, 1.82) is 0 Å². The van der Waals surface area contributed by atoms with Gasteiger partial charge in [0.25, 0.3) is 5.91 Å². The van der Waals surface area contributed by atoms with Gasteiger partial charge in [-0.2, -0.15) is 0 Å². The van der Waals surface area contributed by atoms with Gasteiger partial charge in [0, 0.05) is 25.2 Å². The molecule has 1 saturated heterocycles. The first-order chi connectivity index (χ1) is 11.5. The van der Waals surface area contributed by atoms with Crippen LogP contribution in [0, 0.1) is 0 Å². The fourth-order valence-corrected chi connectivity index (χ4v) is 2.91. The molecule has 1 aromatic carbocycles. The molecule has 7 nitrogen and oxygen atoms in total. The molecule has 0 unspecified atom stereocenters. The summed E-state index contributed by atoms with van der Waals surface area (Å²) in [5, 5.41) is 11.3. The van der Waals surface area contributed by atoms with Crippen LogP contribution in [0.2, 0.25) is 5.02 Å². The van der Waals surface area contributed by atoms with Crippen molar-refractivity contribution in [3.05, 3.63) is 46.7 Å². The number of nitrogens with zero attached hydrogens (tertiary/aromatic N) is 4. The summed E-state index contributed by atoms with van der Waals surface area (Å²) in [6.45, 7) is 2.25. The highest BCUT2D eigenvalue weighted by Gasteiger charge is 2.30. The van der Waals surface area contributed by atoms with Gasteiger partial charge in [0.15, 0.2) is 0 Å². The van der Waals surface area contributed by atoms with E-state index in [-0.39, 0.29) is 18.1 Å². The van der Waals surface area contributed by atoms with Crippen molar-refractivity contribution in [3.8, 4) is 0 Å². The van der Waals surface area contributed by atoms with Crippen molar-refractivity contribution in [2.24, 2.45) is 7.05 Å². The lowest BCUT2D eigenvalue weighted by atomic mass is 9.99. The lowest BCUT2D eigenvalue weighted by molar-refractivity contribution is -0.0381. The Balaban J connectivity index is 1.85. The van der Waals surface area contributed by atoms with E-state index in [0.717, 1.165) is 18.7 Å². The average molecular weight is 350 g/mol. The summed E-state index contributed by atoms with van der Waals surface area (Å²) in [6.07, 6.45) is 1.30. The van der Waals surface area contributed by atoms with E-state index in [0.29, 0.717) is 17.3 Å². The van der Waals surface area contributed by atoms with E-state index in [1.54, 1.807) is 7.05 Å². The number of hydrogen-bond acceptors (Lipinski definition) is 5. The Morgan fingerprint density at radius 2 is 2.12 bits per heavy atom. The quantitative estimate of drug-likeness (QED) is 0.900. The molecule has 3 rings (SSSR count). The van der Waals surface area contributed by atoms with Crippen molar-refractivity contribution < 1.29 is 9.53 Å². The number of aromatic nitrogens is 3. The molecule has 1 aliphatic heterocycles. The van der Waals surface area contributed by atoms with Gasteiger partial charge >= 0.3 is 0 Å². The monoisotopic (exact) mass is 349 g/mol. The zero-order valence-corrected chi connectivity index (χ0v) is 14.4. The van der Waals surface area contributed by atoms with E-state index in [9.17, 15) is 4.79 Å². The van der Waals surface area contributed by atoms with E-state index in [1.807, 2.05) is 31.3 Å². The van der Waals surface area contributed by atoms with Gasteiger partial charge in [-0.15, -0.1) is 5.10 Å². The molecule has 0 spiro atoms. The topological polar surface area (TPSA) is 72.3 Å². The molecule has 24 heavy (non-hydrogen) atoms. The summed E-state index contributed by atoms with van der Waals surface area (Å²) in [7, 11) is 3.73. The van der Waals surface area contributed by atoms with Crippen LogP contribution in [0.1, 0.15) is 22.1 Å². The molecule has 1 N–H and O–H groups in total. The number of nitrogens with one attached hydrogen (secondary N) is 1. The standard InChI is InChI=1S/C16H20ClN5O2/c1-21-7-8-24-14(10-21)15(11-3-5-12(17)6-4-11)19-16(23)13-9-18-20-22(13)2/h3-6,9,14-15H,7-8,10H2,1-2H3,(H,19,23)/t14-,15-/m1/s1. The third-order valence-electron chi connectivity index (χ3n) is 4.13. The number of rotatable bonds is 4. The predicted octanol–water partition coefficient (Wildman–Crippen LogP) is 1.27. The minimum Gasteiger partial charge on any atom is -0.373 e. The van der Waals surface area contributed by atoms with Crippen molar-refractivity contribution in [1.82, 2.24) is 25.2 Å². The number of benzene rings is 1. The number of carbonyl (C=O) groups is 1. The van der Waals surface area contributed by atoms with Gasteiger partial charge in [0.1, 0.15) is 5.69 Å². The number of carbonyl (C=O) groups excluding carboxylic acids is 1. The van der Waals surface area contributed by atoms with Gasteiger partial charge < -0.3 is 15.0 Å². The number of aryl methyl sites for hydroxylation is 1. The summed E-state index contributed by atoms with van der Waals surface area (Å²) >= 11 is 5.99. The maximum absolute atomic E-state index is 12.6. The second-order valence-electron chi connectivity index (χ2n) is 5.92. The third-order valence-corrected chi connectivity index (χ3v) is 4.38. The van der Waals surface area contributed by atoms with Crippen LogP contribution >= 0.6 is 11.6 Å². The molecule has 2 aromatic rings. The Morgan fingerprint density at radius 1 is 1.38 bits per heavy atom. The first kappa shape index (κ1) is 16.9. The van der Waals surface area contributed by atoms with Crippen molar-refractivity contribution in [2.45, 2.75) is 12.1 Å². The van der Waals surface area contributed by atoms with Crippen LogP contribution in [0.4, 0.5) is 0 Å². The van der Waals surface area contributed by atoms with E-state index in [4.69, 9.17) is 16.3 Å². The molecule has 0 aliphatic carbocycles. The molecule has 2 atom stereocenters. The fraction of sp³-hybridized carbons (Fsp3) is 0.438. The van der Waals surface area contributed by atoms with E-state index >= 15 is 0 Å². The normalized spacial score (nSPS) is 19.9. The van der Waals surface area contributed by atoms with Gasteiger partial charge in [0.05, 0.1) is 24.9 Å². The van der Waals surface area contributed by atoms with Crippen LogP contribution < -0.4 is 5.32 Å². The van der Waals surface area contributed by atoms with Crippen LogP contribution in [0.25, 0.3) is 0 Å². The molecule has 1 fully saturated rings. The Kier molecular flexibility index (Phi) is 5.13. The second kappa shape index (κ2) is 7.29. The van der Waals surface area contributed by atoms with Crippen molar-refractivity contribution in [2.75, 3.05) is 26.7 Å². The maximum atomic E-state index is 12.6. The minimum atomic E-state index is -0.285. The van der Waals surface area contributed by atoms with Gasteiger partial charge in [-0.05, 0) is 24.7 Å². The Morgan fingerprint density at radius 3 is 2.75 bits per heavy atom. The third kappa shape index (κ3) is 3.75. The zero-order valence-electron chi connectivity index (χ0n) is 13.6. The van der Waals surface area contributed by atoms with Gasteiger partial charge in [-0.25, -0.2) is 4.68 Å². The van der Waals surface area contributed by atoms with E-state index in [1.165, 1.54) is 10.9 Å². The summed E-state index contributed by atoms with van der Waals surface area (Å²) in [4.78, 5) is 14.8. The number of ether oxygens (including phenoxy) is 1. The SMILES string of the molecule is CN1CCO[C@@H]([C@H](NC(=O)c2cnnn2C)c2ccc(Cl)cc2)C1.